The minimum absolute atomic E-state index is 0.137. The minimum atomic E-state index is -3.30. The lowest BCUT2D eigenvalue weighted by Crippen LogP contribution is -2.44. The molecule has 0 aliphatic carbocycles. The summed E-state index contributed by atoms with van der Waals surface area (Å²) in [6, 6.07) is 0. The average molecular weight is 277 g/mol. The largest absolute Gasteiger partial charge is 0.481 e. The van der Waals surface area contributed by atoms with Crippen molar-refractivity contribution in [3.05, 3.63) is 0 Å². The Labute approximate surface area is 109 Å². The van der Waals surface area contributed by atoms with Crippen LogP contribution >= 0.6 is 0 Å². The van der Waals surface area contributed by atoms with Gasteiger partial charge in [-0.3, -0.25) is 4.79 Å². The van der Waals surface area contributed by atoms with Gasteiger partial charge in [0.25, 0.3) is 0 Å². The molecule has 1 unspecified atom stereocenters. The third-order valence-corrected chi connectivity index (χ3v) is 5.74. The zero-order valence-electron chi connectivity index (χ0n) is 11.1. The third kappa shape index (κ3) is 3.95. The lowest BCUT2D eigenvalue weighted by atomic mass is 10.0. The molecule has 0 spiro atoms. The van der Waals surface area contributed by atoms with Gasteiger partial charge in [-0.05, 0) is 18.8 Å². The lowest BCUT2D eigenvalue weighted by molar-refractivity contribution is -0.142. The Hall–Kier alpha value is -0.620. The normalized spacial score (nSPS) is 22.3. The van der Waals surface area contributed by atoms with Crippen molar-refractivity contribution in [3.8, 4) is 0 Å². The highest BCUT2D eigenvalue weighted by Crippen LogP contribution is 2.22. The van der Waals surface area contributed by atoms with Gasteiger partial charge in [-0.15, -0.1) is 0 Å². The first kappa shape index (κ1) is 15.4. The molecule has 0 aromatic rings. The lowest BCUT2D eigenvalue weighted by Gasteiger charge is -2.30. The Morgan fingerprint density at radius 2 is 2.00 bits per heavy atom. The number of aliphatic carboxylic acids is 1. The Morgan fingerprint density at radius 1 is 1.39 bits per heavy atom. The molecule has 1 saturated heterocycles. The van der Waals surface area contributed by atoms with Crippen LogP contribution in [0.25, 0.3) is 0 Å². The molecule has 0 bridgehead atoms. The van der Waals surface area contributed by atoms with Crippen LogP contribution in [0.4, 0.5) is 0 Å². The van der Waals surface area contributed by atoms with Gasteiger partial charge in [0.2, 0.25) is 10.0 Å². The summed E-state index contributed by atoms with van der Waals surface area (Å²) in [4.78, 5) is 10.9. The zero-order chi connectivity index (χ0) is 13.8. The summed E-state index contributed by atoms with van der Waals surface area (Å²) in [5.41, 5.74) is 0. The van der Waals surface area contributed by atoms with Crippen LogP contribution in [0.5, 0.6) is 0 Å². The fourth-order valence-corrected chi connectivity index (χ4v) is 4.42. The van der Waals surface area contributed by atoms with E-state index >= 15 is 0 Å². The zero-order valence-corrected chi connectivity index (χ0v) is 11.9. The number of carboxylic acids is 1. The highest BCUT2D eigenvalue weighted by molar-refractivity contribution is 7.89. The smallest absolute Gasteiger partial charge is 0.307 e. The van der Waals surface area contributed by atoms with Crippen molar-refractivity contribution < 1.29 is 18.3 Å². The van der Waals surface area contributed by atoms with Crippen molar-refractivity contribution in [2.24, 2.45) is 11.8 Å². The standard InChI is InChI=1S/C12H23NO4S/c1-3-10(4-2)9-18(16,17)13-7-5-6-11(8-13)12(14)15/h10-11H,3-9H2,1-2H3,(H,14,15). The fourth-order valence-electron chi connectivity index (χ4n) is 2.32. The summed E-state index contributed by atoms with van der Waals surface area (Å²) in [6.45, 7) is 4.57. The molecule has 0 aromatic heterocycles. The second-order valence-electron chi connectivity index (χ2n) is 5.00. The molecule has 0 saturated carbocycles. The van der Waals surface area contributed by atoms with E-state index < -0.39 is 21.9 Å². The van der Waals surface area contributed by atoms with E-state index in [2.05, 4.69) is 0 Å². The first-order chi connectivity index (χ1) is 8.40. The van der Waals surface area contributed by atoms with Crippen LogP contribution in [0, 0.1) is 11.8 Å². The van der Waals surface area contributed by atoms with Crippen molar-refractivity contribution in [1.29, 1.82) is 0 Å². The number of piperidine rings is 1. The Bertz CT molecular complexity index is 376. The van der Waals surface area contributed by atoms with Gasteiger partial charge in [0.05, 0.1) is 11.7 Å². The highest BCUT2D eigenvalue weighted by atomic mass is 32.2. The summed E-state index contributed by atoms with van der Waals surface area (Å²) in [7, 11) is -3.30. The molecule has 0 aromatic carbocycles. The molecule has 1 atom stereocenters. The van der Waals surface area contributed by atoms with Gasteiger partial charge >= 0.3 is 5.97 Å². The fraction of sp³-hybridized carbons (Fsp3) is 0.917. The molecule has 1 fully saturated rings. The molecule has 1 heterocycles. The average Bonchev–Trinajstić information content (AvgIpc) is 2.36. The second kappa shape index (κ2) is 6.52. The van der Waals surface area contributed by atoms with Crippen LogP contribution in [-0.2, 0) is 14.8 Å². The molecule has 1 aliphatic heterocycles. The molecular formula is C12H23NO4S. The van der Waals surface area contributed by atoms with E-state index in [9.17, 15) is 13.2 Å². The number of carboxylic acid groups (broad SMARTS) is 1. The summed E-state index contributed by atoms with van der Waals surface area (Å²) >= 11 is 0. The van der Waals surface area contributed by atoms with Crippen LogP contribution in [0.2, 0.25) is 0 Å². The second-order valence-corrected chi connectivity index (χ2v) is 7.01. The monoisotopic (exact) mass is 277 g/mol. The van der Waals surface area contributed by atoms with Gasteiger partial charge in [-0.1, -0.05) is 26.7 Å². The quantitative estimate of drug-likeness (QED) is 0.799. The van der Waals surface area contributed by atoms with Gasteiger partial charge in [-0.25, -0.2) is 12.7 Å². The number of sulfonamides is 1. The Kier molecular flexibility index (Phi) is 5.59. The molecule has 0 amide bonds. The topological polar surface area (TPSA) is 74.7 Å². The van der Waals surface area contributed by atoms with Gasteiger partial charge < -0.3 is 5.11 Å². The number of hydrogen-bond acceptors (Lipinski definition) is 3. The first-order valence-electron chi connectivity index (χ1n) is 6.61. The molecule has 1 aliphatic rings. The van der Waals surface area contributed by atoms with E-state index in [-0.39, 0.29) is 18.2 Å². The molecule has 6 heteroatoms. The summed E-state index contributed by atoms with van der Waals surface area (Å²) in [5, 5.41) is 8.97. The van der Waals surface area contributed by atoms with Crippen molar-refractivity contribution in [2.75, 3.05) is 18.8 Å². The van der Waals surface area contributed by atoms with Crippen molar-refractivity contribution >= 4 is 16.0 Å². The van der Waals surface area contributed by atoms with Gasteiger partial charge in [0.1, 0.15) is 0 Å². The van der Waals surface area contributed by atoms with E-state index in [0.717, 1.165) is 12.8 Å². The molecule has 5 nitrogen and oxygen atoms in total. The van der Waals surface area contributed by atoms with E-state index in [1.807, 2.05) is 13.8 Å². The maximum absolute atomic E-state index is 12.2. The Morgan fingerprint density at radius 3 is 2.50 bits per heavy atom. The van der Waals surface area contributed by atoms with E-state index in [1.54, 1.807) is 0 Å². The van der Waals surface area contributed by atoms with Crippen LogP contribution in [0.3, 0.4) is 0 Å². The molecule has 18 heavy (non-hydrogen) atoms. The van der Waals surface area contributed by atoms with Crippen molar-refractivity contribution in [1.82, 2.24) is 4.31 Å². The predicted molar refractivity (Wildman–Crippen MR) is 69.8 cm³/mol. The molecule has 1 rings (SSSR count). The maximum Gasteiger partial charge on any atom is 0.307 e. The van der Waals surface area contributed by atoms with Crippen molar-refractivity contribution in [3.63, 3.8) is 0 Å². The molecule has 106 valence electrons. The van der Waals surface area contributed by atoms with Crippen LogP contribution < -0.4 is 0 Å². The number of carbonyl (C=O) groups is 1. The first-order valence-corrected chi connectivity index (χ1v) is 8.22. The summed E-state index contributed by atoms with van der Waals surface area (Å²) in [5.74, 6) is -1.13. The van der Waals surface area contributed by atoms with E-state index in [0.29, 0.717) is 19.4 Å². The summed E-state index contributed by atoms with van der Waals surface area (Å²) < 4.78 is 25.8. The molecule has 0 radical (unpaired) electrons. The van der Waals surface area contributed by atoms with Crippen LogP contribution in [0.15, 0.2) is 0 Å². The van der Waals surface area contributed by atoms with E-state index in [1.165, 1.54) is 4.31 Å². The van der Waals surface area contributed by atoms with Crippen molar-refractivity contribution in [2.45, 2.75) is 39.5 Å². The highest BCUT2D eigenvalue weighted by Gasteiger charge is 2.32. The van der Waals surface area contributed by atoms with Crippen LogP contribution in [-0.4, -0.2) is 42.6 Å². The minimum Gasteiger partial charge on any atom is -0.481 e. The van der Waals surface area contributed by atoms with Crippen LogP contribution in [0.1, 0.15) is 39.5 Å². The van der Waals surface area contributed by atoms with Gasteiger partial charge in [-0.2, -0.15) is 0 Å². The third-order valence-electron chi connectivity index (χ3n) is 3.73. The number of nitrogens with zero attached hydrogens (tertiary/aromatic N) is 1. The SMILES string of the molecule is CCC(CC)CS(=O)(=O)N1CCCC(C(=O)O)C1. The summed E-state index contributed by atoms with van der Waals surface area (Å²) in [6.07, 6.45) is 2.89. The number of rotatable bonds is 6. The van der Waals surface area contributed by atoms with Gasteiger partial charge in [0, 0.05) is 13.1 Å². The maximum atomic E-state index is 12.2. The van der Waals surface area contributed by atoms with E-state index in [4.69, 9.17) is 5.11 Å². The molecular weight excluding hydrogens is 254 g/mol. The predicted octanol–water partition coefficient (Wildman–Crippen LogP) is 1.55. The number of hydrogen-bond donors (Lipinski definition) is 1. The molecule has 1 N–H and O–H groups in total. The Balaban J connectivity index is 2.69. The van der Waals surface area contributed by atoms with Gasteiger partial charge in [0.15, 0.2) is 0 Å².